The Morgan fingerprint density at radius 3 is 1.75 bits per heavy atom. The SMILES string of the molecule is CCCCCCCCC(=O)O[C@@H](C)Cc1ccc(-c2ccc(-c3ncc(CCCCCCCC)cn3)cc2)cc1. The van der Waals surface area contributed by atoms with Crippen LogP contribution in [0.15, 0.2) is 60.9 Å². The molecule has 0 saturated carbocycles. The molecule has 0 fully saturated rings. The monoisotopic (exact) mass is 542 g/mol. The summed E-state index contributed by atoms with van der Waals surface area (Å²) in [7, 11) is 0. The summed E-state index contributed by atoms with van der Waals surface area (Å²) in [6.45, 7) is 6.46. The van der Waals surface area contributed by atoms with E-state index in [1.807, 2.05) is 19.3 Å². The van der Waals surface area contributed by atoms with Gasteiger partial charge in [0.15, 0.2) is 5.82 Å². The van der Waals surface area contributed by atoms with Crippen molar-refractivity contribution in [3.05, 3.63) is 72.1 Å². The molecule has 3 aromatic rings. The maximum atomic E-state index is 12.2. The predicted octanol–water partition coefficient (Wildman–Crippen LogP) is 9.94. The molecule has 1 heterocycles. The van der Waals surface area contributed by atoms with Crippen molar-refractivity contribution < 1.29 is 9.53 Å². The van der Waals surface area contributed by atoms with E-state index in [9.17, 15) is 4.79 Å². The highest BCUT2D eigenvalue weighted by molar-refractivity contribution is 5.69. The second-order valence-corrected chi connectivity index (χ2v) is 11.2. The second kappa shape index (κ2) is 18.4. The van der Waals surface area contributed by atoms with Gasteiger partial charge in [-0.1, -0.05) is 127 Å². The van der Waals surface area contributed by atoms with Gasteiger partial charge in [0.1, 0.15) is 6.10 Å². The first kappa shape index (κ1) is 31.5. The number of carbonyl (C=O) groups is 1. The molecule has 3 rings (SSSR count). The number of benzene rings is 2. The molecule has 0 bridgehead atoms. The number of aromatic nitrogens is 2. The summed E-state index contributed by atoms with van der Waals surface area (Å²) in [5, 5.41) is 0. The molecule has 0 radical (unpaired) electrons. The van der Waals surface area contributed by atoms with Gasteiger partial charge in [0.25, 0.3) is 0 Å². The third-order valence-electron chi connectivity index (χ3n) is 7.54. The zero-order chi connectivity index (χ0) is 28.4. The molecule has 40 heavy (non-hydrogen) atoms. The van der Waals surface area contributed by atoms with Crippen LogP contribution in [0.3, 0.4) is 0 Å². The van der Waals surface area contributed by atoms with Gasteiger partial charge in [0, 0.05) is 30.8 Å². The van der Waals surface area contributed by atoms with E-state index in [1.165, 1.54) is 80.9 Å². The van der Waals surface area contributed by atoms with Gasteiger partial charge in [-0.2, -0.15) is 0 Å². The second-order valence-electron chi connectivity index (χ2n) is 11.2. The highest BCUT2D eigenvalue weighted by atomic mass is 16.5. The fourth-order valence-electron chi connectivity index (χ4n) is 5.09. The minimum atomic E-state index is -0.116. The van der Waals surface area contributed by atoms with E-state index in [4.69, 9.17) is 4.74 Å². The van der Waals surface area contributed by atoms with Crippen molar-refractivity contribution in [2.24, 2.45) is 0 Å². The van der Waals surface area contributed by atoms with Crippen LogP contribution in [-0.4, -0.2) is 22.0 Å². The van der Waals surface area contributed by atoms with Crippen molar-refractivity contribution in [3.63, 3.8) is 0 Å². The lowest BCUT2D eigenvalue weighted by Crippen LogP contribution is -2.17. The molecule has 4 nitrogen and oxygen atoms in total. The number of ether oxygens (including phenoxy) is 1. The lowest BCUT2D eigenvalue weighted by molar-refractivity contribution is -0.148. The Morgan fingerprint density at radius 1 is 0.650 bits per heavy atom. The molecular formula is C36H50N2O2. The largest absolute Gasteiger partial charge is 0.462 e. The number of carbonyl (C=O) groups excluding carboxylic acids is 1. The molecule has 1 atom stereocenters. The average molecular weight is 543 g/mol. The summed E-state index contributed by atoms with van der Waals surface area (Å²) >= 11 is 0. The quantitative estimate of drug-likeness (QED) is 0.112. The van der Waals surface area contributed by atoms with Gasteiger partial charge >= 0.3 is 5.97 Å². The van der Waals surface area contributed by atoms with Gasteiger partial charge in [0.05, 0.1) is 0 Å². The number of hydrogen-bond donors (Lipinski definition) is 0. The summed E-state index contributed by atoms with van der Waals surface area (Å²) in [5.41, 5.74) is 5.75. The summed E-state index contributed by atoms with van der Waals surface area (Å²) in [6.07, 6.45) is 21.0. The first-order valence-electron chi connectivity index (χ1n) is 15.8. The molecule has 0 aliphatic rings. The zero-order valence-corrected chi connectivity index (χ0v) is 25.2. The van der Waals surface area contributed by atoms with Crippen molar-refractivity contribution in [1.82, 2.24) is 9.97 Å². The lowest BCUT2D eigenvalue weighted by atomic mass is 10.0. The number of aryl methyl sites for hydroxylation is 1. The van der Waals surface area contributed by atoms with Crippen LogP contribution in [0.1, 0.15) is 115 Å². The third kappa shape index (κ3) is 11.6. The molecule has 0 unspecified atom stereocenters. The molecule has 0 aliphatic heterocycles. The summed E-state index contributed by atoms with van der Waals surface area (Å²) < 4.78 is 5.65. The Bertz CT molecular complexity index is 1090. The van der Waals surface area contributed by atoms with E-state index in [0.717, 1.165) is 42.6 Å². The first-order valence-corrected chi connectivity index (χ1v) is 15.8. The minimum absolute atomic E-state index is 0.0730. The van der Waals surface area contributed by atoms with Crippen LogP contribution in [0.5, 0.6) is 0 Å². The molecule has 0 saturated heterocycles. The van der Waals surface area contributed by atoms with E-state index in [-0.39, 0.29) is 12.1 Å². The summed E-state index contributed by atoms with van der Waals surface area (Å²) in [6, 6.07) is 17.0. The molecule has 4 heteroatoms. The van der Waals surface area contributed by atoms with Crippen LogP contribution >= 0.6 is 0 Å². The van der Waals surface area contributed by atoms with Crippen molar-refractivity contribution in [2.75, 3.05) is 0 Å². The van der Waals surface area contributed by atoms with E-state index in [1.54, 1.807) is 0 Å². The Balaban J connectivity index is 1.42. The van der Waals surface area contributed by atoms with E-state index in [2.05, 4.69) is 72.3 Å². The Labute approximate surface area is 243 Å². The maximum Gasteiger partial charge on any atom is 0.306 e. The Kier molecular flexibility index (Phi) is 14.5. The average Bonchev–Trinajstić information content (AvgIpc) is 2.97. The standard InChI is InChI=1S/C36H50N2O2/c1-4-6-8-10-12-14-16-31-27-37-36(38-28-31)34-24-22-33(23-25-34)32-20-18-30(19-21-32)26-29(3)40-35(39)17-15-13-11-9-7-5-2/h18-25,27-29H,4-17,26H2,1-3H3/t29-/m0/s1. The molecule has 0 amide bonds. The topological polar surface area (TPSA) is 52.1 Å². The number of unbranched alkanes of at least 4 members (excludes halogenated alkanes) is 10. The van der Waals surface area contributed by atoms with Crippen LogP contribution < -0.4 is 0 Å². The van der Waals surface area contributed by atoms with Crippen LogP contribution in [0.25, 0.3) is 22.5 Å². The summed E-state index contributed by atoms with van der Waals surface area (Å²) in [5.74, 6) is 0.699. The lowest BCUT2D eigenvalue weighted by Gasteiger charge is -2.14. The van der Waals surface area contributed by atoms with Crippen LogP contribution in [-0.2, 0) is 22.4 Å². The van der Waals surface area contributed by atoms with E-state index >= 15 is 0 Å². The van der Waals surface area contributed by atoms with Gasteiger partial charge in [-0.05, 0) is 48.4 Å². The van der Waals surface area contributed by atoms with Crippen LogP contribution in [0.4, 0.5) is 0 Å². The van der Waals surface area contributed by atoms with Gasteiger partial charge in [-0.3, -0.25) is 4.79 Å². The number of rotatable bonds is 19. The van der Waals surface area contributed by atoms with Gasteiger partial charge in [-0.25, -0.2) is 9.97 Å². The highest BCUT2D eigenvalue weighted by Gasteiger charge is 2.11. The van der Waals surface area contributed by atoms with Gasteiger partial charge in [-0.15, -0.1) is 0 Å². The van der Waals surface area contributed by atoms with E-state index < -0.39 is 0 Å². The Morgan fingerprint density at radius 2 is 1.15 bits per heavy atom. The zero-order valence-electron chi connectivity index (χ0n) is 25.2. The summed E-state index contributed by atoms with van der Waals surface area (Å²) in [4.78, 5) is 21.4. The number of hydrogen-bond acceptors (Lipinski definition) is 4. The third-order valence-corrected chi connectivity index (χ3v) is 7.54. The number of nitrogens with zero attached hydrogens (tertiary/aromatic N) is 2. The normalized spacial score (nSPS) is 11.9. The van der Waals surface area contributed by atoms with Crippen molar-refractivity contribution >= 4 is 5.97 Å². The highest BCUT2D eigenvalue weighted by Crippen LogP contribution is 2.24. The first-order chi connectivity index (χ1) is 19.6. The molecule has 0 N–H and O–H groups in total. The molecular weight excluding hydrogens is 492 g/mol. The van der Waals surface area contributed by atoms with Gasteiger partial charge in [0.2, 0.25) is 0 Å². The van der Waals surface area contributed by atoms with Crippen molar-refractivity contribution in [1.29, 1.82) is 0 Å². The molecule has 1 aromatic heterocycles. The Hall–Kier alpha value is -3.01. The molecule has 216 valence electrons. The molecule has 2 aromatic carbocycles. The van der Waals surface area contributed by atoms with E-state index in [0.29, 0.717) is 6.42 Å². The minimum Gasteiger partial charge on any atom is -0.462 e. The van der Waals surface area contributed by atoms with Crippen molar-refractivity contribution in [2.45, 2.75) is 123 Å². The van der Waals surface area contributed by atoms with Crippen LogP contribution in [0, 0.1) is 0 Å². The predicted molar refractivity (Wildman–Crippen MR) is 167 cm³/mol. The maximum absolute atomic E-state index is 12.2. The smallest absolute Gasteiger partial charge is 0.306 e. The number of esters is 1. The molecule has 0 spiro atoms. The fourth-order valence-corrected chi connectivity index (χ4v) is 5.09. The van der Waals surface area contributed by atoms with Gasteiger partial charge < -0.3 is 4.74 Å². The fraction of sp³-hybridized carbons (Fsp3) is 0.528. The van der Waals surface area contributed by atoms with Crippen LogP contribution in [0.2, 0.25) is 0 Å². The van der Waals surface area contributed by atoms with Crippen molar-refractivity contribution in [3.8, 4) is 22.5 Å². The molecule has 0 aliphatic carbocycles.